The van der Waals surface area contributed by atoms with Crippen molar-refractivity contribution in [3.63, 3.8) is 0 Å². The molecule has 1 aromatic heterocycles. The van der Waals surface area contributed by atoms with E-state index in [4.69, 9.17) is 18.5 Å². The second-order valence-electron chi connectivity index (χ2n) is 10.1. The molecule has 3 aromatic rings. The lowest BCUT2D eigenvalue weighted by Gasteiger charge is -2.24. The molecule has 0 bridgehead atoms. The minimum absolute atomic E-state index is 0.129. The van der Waals surface area contributed by atoms with E-state index in [2.05, 4.69) is 10.1 Å². The number of rotatable bonds is 11. The average Bonchev–Trinajstić information content (AvgIpc) is 3.27. The van der Waals surface area contributed by atoms with Crippen LogP contribution < -0.4 is 20.9 Å². The van der Waals surface area contributed by atoms with Crippen LogP contribution in [0.25, 0.3) is 11.1 Å². The Hall–Kier alpha value is -3.57. The van der Waals surface area contributed by atoms with Crippen molar-refractivity contribution in [1.29, 1.82) is 0 Å². The second-order valence-corrected chi connectivity index (χ2v) is 11.8. The Labute approximate surface area is 236 Å². The third kappa shape index (κ3) is 8.01. The Balaban J connectivity index is 1.49. The normalized spacial score (nSPS) is 20.9. The SMILES string of the molecule is CC(C)OC(=O)[C@H](C)NP(=O)(OC[C@@H]1C[C@H](C)[C@H](n2ccc(=O)[nH]c2=O)O1)Oc1ccc(-c2cccc(F)c2)cc1. The van der Waals surface area contributed by atoms with Crippen LogP contribution >= 0.6 is 7.75 Å². The first-order valence-electron chi connectivity index (χ1n) is 13.2. The highest BCUT2D eigenvalue weighted by Crippen LogP contribution is 2.46. The molecular weight excluding hydrogens is 556 g/mol. The minimum atomic E-state index is -4.18. The average molecular weight is 590 g/mol. The van der Waals surface area contributed by atoms with Crippen LogP contribution in [-0.2, 0) is 23.4 Å². The smallest absolute Gasteiger partial charge is 0.459 e. The summed E-state index contributed by atoms with van der Waals surface area (Å²) in [6.45, 7) is 6.56. The number of esters is 1. The molecular formula is C28H33FN3O8P. The summed E-state index contributed by atoms with van der Waals surface area (Å²) >= 11 is 0. The van der Waals surface area contributed by atoms with Crippen molar-refractivity contribution in [2.75, 3.05) is 6.61 Å². The molecule has 0 spiro atoms. The van der Waals surface area contributed by atoms with Gasteiger partial charge in [0.2, 0.25) is 0 Å². The van der Waals surface area contributed by atoms with Gasteiger partial charge >= 0.3 is 19.4 Å². The molecule has 41 heavy (non-hydrogen) atoms. The molecule has 11 nitrogen and oxygen atoms in total. The fraction of sp³-hybridized carbons (Fsp3) is 0.393. The standard InChI is InChI=1S/C28H33FN3O8P/c1-17(2)38-27(34)19(4)31-41(36,40-23-10-8-20(9-11-23)21-6-5-7-22(29)15-21)37-16-24-14-18(3)26(39-24)32-13-12-25(33)30-28(32)35/h5-13,15,17-19,24,26H,14,16H2,1-4H3,(H,31,36)(H,30,33,35)/t18-,19-,24-,26+,41?/m0/s1. The summed E-state index contributed by atoms with van der Waals surface area (Å²) in [7, 11) is -4.18. The van der Waals surface area contributed by atoms with Gasteiger partial charge in [0, 0.05) is 18.2 Å². The van der Waals surface area contributed by atoms with Crippen LogP contribution in [0.2, 0.25) is 0 Å². The predicted octanol–water partition coefficient (Wildman–Crippen LogP) is 4.40. The largest absolute Gasteiger partial charge is 0.462 e. The molecule has 1 fully saturated rings. The molecule has 0 aliphatic carbocycles. The fourth-order valence-corrected chi connectivity index (χ4v) is 5.92. The molecule has 2 N–H and O–H groups in total. The number of aromatic amines is 1. The number of carbonyl (C=O) groups is 1. The number of hydrogen-bond donors (Lipinski definition) is 2. The first-order valence-corrected chi connectivity index (χ1v) is 14.7. The molecule has 1 unspecified atom stereocenters. The van der Waals surface area contributed by atoms with E-state index in [0.717, 1.165) is 0 Å². The number of nitrogens with zero attached hydrogens (tertiary/aromatic N) is 1. The summed E-state index contributed by atoms with van der Waals surface area (Å²) < 4.78 is 51.5. The summed E-state index contributed by atoms with van der Waals surface area (Å²) in [4.78, 5) is 38.3. The zero-order chi connectivity index (χ0) is 29.7. The van der Waals surface area contributed by atoms with E-state index in [-0.39, 0.29) is 30.2 Å². The van der Waals surface area contributed by atoms with Crippen LogP contribution in [0.5, 0.6) is 5.75 Å². The number of carbonyl (C=O) groups excluding carboxylic acids is 1. The number of ether oxygens (including phenoxy) is 2. The van der Waals surface area contributed by atoms with Gasteiger partial charge in [-0.3, -0.25) is 23.7 Å². The molecule has 13 heteroatoms. The van der Waals surface area contributed by atoms with E-state index < -0.39 is 43.3 Å². The van der Waals surface area contributed by atoms with Gasteiger partial charge in [-0.1, -0.05) is 31.2 Å². The van der Waals surface area contributed by atoms with Crippen molar-refractivity contribution >= 4 is 13.7 Å². The number of H-pyrrole nitrogens is 1. The topological polar surface area (TPSA) is 138 Å². The van der Waals surface area contributed by atoms with Gasteiger partial charge in [-0.2, -0.15) is 5.09 Å². The number of halogens is 1. The highest BCUT2D eigenvalue weighted by Gasteiger charge is 2.38. The summed E-state index contributed by atoms with van der Waals surface area (Å²) in [5.41, 5.74) is 0.245. The second kappa shape index (κ2) is 12.9. The highest BCUT2D eigenvalue weighted by atomic mass is 31.2. The van der Waals surface area contributed by atoms with E-state index in [0.29, 0.717) is 17.5 Å². The van der Waals surface area contributed by atoms with Crippen molar-refractivity contribution in [1.82, 2.24) is 14.6 Å². The summed E-state index contributed by atoms with van der Waals surface area (Å²) in [5, 5.41) is 2.63. The van der Waals surface area contributed by atoms with Crippen molar-refractivity contribution in [3.05, 3.63) is 87.4 Å². The quantitative estimate of drug-likeness (QED) is 0.246. The van der Waals surface area contributed by atoms with E-state index >= 15 is 0 Å². The van der Waals surface area contributed by atoms with E-state index in [9.17, 15) is 23.3 Å². The summed E-state index contributed by atoms with van der Waals surface area (Å²) in [5.74, 6) is -0.958. The number of aromatic nitrogens is 2. The molecule has 2 heterocycles. The molecule has 5 atom stereocenters. The van der Waals surface area contributed by atoms with Crippen LogP contribution in [0.4, 0.5) is 4.39 Å². The maximum atomic E-state index is 13.9. The Morgan fingerprint density at radius 1 is 1.15 bits per heavy atom. The Kier molecular flexibility index (Phi) is 9.60. The Bertz CT molecular complexity index is 1520. The van der Waals surface area contributed by atoms with Crippen molar-refractivity contribution in [2.45, 2.75) is 58.6 Å². The van der Waals surface area contributed by atoms with E-state index in [1.165, 1.54) is 35.9 Å². The van der Waals surface area contributed by atoms with Crippen molar-refractivity contribution in [2.24, 2.45) is 5.92 Å². The van der Waals surface area contributed by atoms with Crippen molar-refractivity contribution < 1.29 is 32.3 Å². The summed E-state index contributed by atoms with van der Waals surface area (Å²) in [6.07, 6.45) is 0.197. The third-order valence-corrected chi connectivity index (χ3v) is 7.95. The highest BCUT2D eigenvalue weighted by molar-refractivity contribution is 7.52. The molecule has 0 saturated carbocycles. The van der Waals surface area contributed by atoms with Crippen molar-refractivity contribution in [3.8, 4) is 16.9 Å². The van der Waals surface area contributed by atoms with Crippen LogP contribution in [-0.4, -0.2) is 40.4 Å². The number of benzene rings is 2. The van der Waals surface area contributed by atoms with Crippen LogP contribution in [0.15, 0.2) is 70.4 Å². The predicted molar refractivity (Wildman–Crippen MR) is 149 cm³/mol. The molecule has 1 aliphatic rings. The van der Waals surface area contributed by atoms with E-state index in [1.807, 2.05) is 6.92 Å². The minimum Gasteiger partial charge on any atom is -0.462 e. The van der Waals surface area contributed by atoms with Gasteiger partial charge in [-0.05, 0) is 62.6 Å². The molecule has 4 rings (SSSR count). The van der Waals surface area contributed by atoms with Gasteiger partial charge in [0.05, 0.1) is 18.8 Å². The monoisotopic (exact) mass is 589 g/mol. The lowest BCUT2D eigenvalue weighted by Crippen LogP contribution is -2.36. The van der Waals surface area contributed by atoms with E-state index in [1.54, 1.807) is 50.2 Å². The van der Waals surface area contributed by atoms with Gasteiger partial charge in [0.1, 0.15) is 23.8 Å². The molecule has 0 amide bonds. The molecule has 1 saturated heterocycles. The zero-order valence-electron chi connectivity index (χ0n) is 23.1. The van der Waals surface area contributed by atoms with Gasteiger partial charge in [0.15, 0.2) is 0 Å². The maximum absolute atomic E-state index is 13.9. The third-order valence-electron chi connectivity index (χ3n) is 6.30. The lowest BCUT2D eigenvalue weighted by atomic mass is 10.1. The first kappa shape index (κ1) is 30.4. The first-order chi connectivity index (χ1) is 19.4. The maximum Gasteiger partial charge on any atom is 0.459 e. The lowest BCUT2D eigenvalue weighted by molar-refractivity contribution is -0.149. The summed E-state index contributed by atoms with van der Waals surface area (Å²) in [6, 6.07) is 12.8. The molecule has 1 aliphatic heterocycles. The molecule has 2 aromatic carbocycles. The van der Waals surface area contributed by atoms with Gasteiger partial charge in [0.25, 0.3) is 5.56 Å². The fourth-order valence-electron chi connectivity index (χ4n) is 4.40. The number of hydrogen-bond acceptors (Lipinski definition) is 8. The molecule has 0 radical (unpaired) electrons. The Morgan fingerprint density at radius 2 is 1.88 bits per heavy atom. The number of nitrogens with one attached hydrogen (secondary N) is 2. The molecule has 220 valence electrons. The van der Waals surface area contributed by atoms with Gasteiger partial charge in [-0.25, -0.2) is 13.8 Å². The van der Waals surface area contributed by atoms with Gasteiger partial charge in [-0.15, -0.1) is 0 Å². The van der Waals surface area contributed by atoms with Crippen LogP contribution in [0.3, 0.4) is 0 Å². The van der Waals surface area contributed by atoms with Crippen LogP contribution in [0, 0.1) is 11.7 Å². The Morgan fingerprint density at radius 3 is 2.54 bits per heavy atom. The van der Waals surface area contributed by atoms with Crippen LogP contribution in [0.1, 0.15) is 40.3 Å². The van der Waals surface area contributed by atoms with Gasteiger partial charge < -0.3 is 14.0 Å². The zero-order valence-corrected chi connectivity index (χ0v) is 24.0.